The molecule has 0 radical (unpaired) electrons. The zero-order chi connectivity index (χ0) is 16.2. The number of phenols is 1. The lowest BCUT2D eigenvalue weighted by molar-refractivity contribution is 0.418. The first-order valence-corrected chi connectivity index (χ1v) is 7.72. The molecule has 5 heteroatoms. The third kappa shape index (κ3) is 2.90. The highest BCUT2D eigenvalue weighted by Gasteiger charge is 2.15. The highest BCUT2D eigenvalue weighted by atomic mass is 16.3. The average molecular weight is 309 g/mol. The number of benzene rings is 2. The minimum atomic E-state index is 0.0606. The zero-order valence-corrected chi connectivity index (χ0v) is 13.0. The zero-order valence-electron chi connectivity index (χ0n) is 13.0. The highest BCUT2D eigenvalue weighted by molar-refractivity contribution is 5.95. The lowest BCUT2D eigenvalue weighted by Crippen LogP contribution is -1.96. The first kappa shape index (κ1) is 15.1. The molecular weight excluding hydrogens is 290 g/mol. The topological polar surface area (TPSA) is 70.1 Å². The molecule has 3 rings (SSSR count). The van der Waals surface area contributed by atoms with Gasteiger partial charge in [0, 0.05) is 11.9 Å². The van der Waals surface area contributed by atoms with Gasteiger partial charge < -0.3 is 14.8 Å². The first-order chi connectivity index (χ1) is 11.2. The van der Waals surface area contributed by atoms with Crippen molar-refractivity contribution >= 4 is 22.3 Å². The summed E-state index contributed by atoms with van der Waals surface area (Å²) in [5.74, 6) is 0.171. The van der Waals surface area contributed by atoms with E-state index in [0.29, 0.717) is 11.4 Å². The Morgan fingerprint density at radius 3 is 2.48 bits per heavy atom. The Labute approximate surface area is 134 Å². The van der Waals surface area contributed by atoms with Gasteiger partial charge in [0.05, 0.1) is 5.52 Å². The van der Waals surface area contributed by atoms with E-state index in [-0.39, 0.29) is 11.6 Å². The number of nitrogens with zero attached hydrogens (tertiary/aromatic N) is 3. The molecule has 0 saturated carbocycles. The molecule has 0 unspecified atom stereocenters. The molecule has 1 heterocycles. The Morgan fingerprint density at radius 1 is 0.957 bits per heavy atom. The molecule has 0 aliphatic carbocycles. The number of aromatic hydroxyl groups is 2. The third-order valence-electron chi connectivity index (χ3n) is 3.79. The maximum Gasteiger partial charge on any atom is 0.220 e. The van der Waals surface area contributed by atoms with Crippen molar-refractivity contribution in [3.05, 3.63) is 48.5 Å². The van der Waals surface area contributed by atoms with Gasteiger partial charge in [-0.15, -0.1) is 10.2 Å². The number of para-hydroxylation sites is 2. The van der Waals surface area contributed by atoms with Gasteiger partial charge in [-0.3, -0.25) is 0 Å². The van der Waals surface area contributed by atoms with Gasteiger partial charge in [-0.2, -0.15) is 0 Å². The van der Waals surface area contributed by atoms with Crippen LogP contribution in [0.3, 0.4) is 0 Å². The molecule has 2 N–H and O–H groups in total. The van der Waals surface area contributed by atoms with Crippen LogP contribution in [0.2, 0.25) is 0 Å². The standard InChI is InChI=1S/C18H19N3O2/c1-2-3-12-21-15-10-6-4-8-13(15)17(18(21)23)20-19-14-9-5-7-11-16(14)22/h4-11,22-23H,2-3,12H2,1H3. The van der Waals surface area contributed by atoms with Crippen molar-refractivity contribution in [2.45, 2.75) is 26.3 Å². The van der Waals surface area contributed by atoms with Gasteiger partial charge >= 0.3 is 0 Å². The summed E-state index contributed by atoms with van der Waals surface area (Å²) in [7, 11) is 0. The van der Waals surface area contributed by atoms with E-state index >= 15 is 0 Å². The second-order valence-corrected chi connectivity index (χ2v) is 5.38. The van der Waals surface area contributed by atoms with Crippen LogP contribution in [0.4, 0.5) is 11.4 Å². The second kappa shape index (κ2) is 6.52. The smallest absolute Gasteiger partial charge is 0.220 e. The van der Waals surface area contributed by atoms with Crippen LogP contribution >= 0.6 is 0 Å². The van der Waals surface area contributed by atoms with E-state index in [4.69, 9.17) is 0 Å². The average Bonchev–Trinajstić information content (AvgIpc) is 2.84. The molecular formula is C18H19N3O2. The normalized spacial score (nSPS) is 11.5. The van der Waals surface area contributed by atoms with E-state index in [1.807, 2.05) is 28.8 Å². The number of hydrogen-bond acceptors (Lipinski definition) is 4. The van der Waals surface area contributed by atoms with Crippen LogP contribution in [0.5, 0.6) is 11.6 Å². The van der Waals surface area contributed by atoms with E-state index < -0.39 is 0 Å². The number of hydrogen-bond donors (Lipinski definition) is 2. The molecule has 1 aromatic heterocycles. The molecule has 0 aliphatic rings. The quantitative estimate of drug-likeness (QED) is 0.630. The van der Waals surface area contributed by atoms with Gasteiger partial charge in [0.15, 0.2) is 5.69 Å². The van der Waals surface area contributed by atoms with Crippen LogP contribution in [0.1, 0.15) is 19.8 Å². The lowest BCUT2D eigenvalue weighted by Gasteiger charge is -2.05. The summed E-state index contributed by atoms with van der Waals surface area (Å²) in [6.45, 7) is 2.84. The molecule has 0 amide bonds. The predicted molar refractivity (Wildman–Crippen MR) is 90.8 cm³/mol. The molecule has 0 atom stereocenters. The van der Waals surface area contributed by atoms with E-state index in [0.717, 1.165) is 30.3 Å². The van der Waals surface area contributed by atoms with Crippen molar-refractivity contribution in [2.75, 3.05) is 0 Å². The van der Waals surface area contributed by atoms with Crippen LogP contribution in [0.25, 0.3) is 10.9 Å². The van der Waals surface area contributed by atoms with Crippen molar-refractivity contribution < 1.29 is 10.2 Å². The minimum Gasteiger partial charge on any atom is -0.506 e. The molecule has 2 aromatic carbocycles. The SMILES string of the molecule is CCCCn1c(O)c(N=Nc2ccccc2O)c2ccccc21. The van der Waals surface area contributed by atoms with Crippen molar-refractivity contribution in [3.63, 3.8) is 0 Å². The van der Waals surface area contributed by atoms with Gasteiger partial charge in [0.2, 0.25) is 5.88 Å². The van der Waals surface area contributed by atoms with Gasteiger partial charge in [-0.1, -0.05) is 43.7 Å². The minimum absolute atomic E-state index is 0.0606. The number of rotatable bonds is 5. The van der Waals surface area contributed by atoms with Crippen LogP contribution in [0, 0.1) is 0 Å². The summed E-state index contributed by atoms with van der Waals surface area (Å²) in [4.78, 5) is 0. The van der Waals surface area contributed by atoms with Gasteiger partial charge in [0.25, 0.3) is 0 Å². The fraction of sp³-hybridized carbons (Fsp3) is 0.222. The van der Waals surface area contributed by atoms with E-state index in [2.05, 4.69) is 17.2 Å². The summed E-state index contributed by atoms with van der Waals surface area (Å²) in [6, 6.07) is 14.4. The third-order valence-corrected chi connectivity index (χ3v) is 3.79. The van der Waals surface area contributed by atoms with E-state index in [1.165, 1.54) is 0 Å². The number of unbranched alkanes of at least 4 members (excludes halogenated alkanes) is 1. The summed E-state index contributed by atoms with van der Waals surface area (Å²) in [5.41, 5.74) is 1.74. The van der Waals surface area contributed by atoms with Crippen molar-refractivity contribution in [1.82, 2.24) is 4.57 Å². The van der Waals surface area contributed by atoms with Crippen LogP contribution in [-0.4, -0.2) is 14.8 Å². The molecule has 118 valence electrons. The second-order valence-electron chi connectivity index (χ2n) is 5.38. The molecule has 0 fully saturated rings. The maximum atomic E-state index is 10.5. The van der Waals surface area contributed by atoms with Gasteiger partial charge in [0.1, 0.15) is 11.4 Å². The van der Waals surface area contributed by atoms with E-state index in [1.54, 1.807) is 24.3 Å². The summed E-state index contributed by atoms with van der Waals surface area (Å²) >= 11 is 0. The number of fused-ring (bicyclic) bond motifs is 1. The molecule has 0 bridgehead atoms. The number of aromatic nitrogens is 1. The predicted octanol–water partition coefficient (Wildman–Crippen LogP) is 5.27. The molecule has 3 aromatic rings. The van der Waals surface area contributed by atoms with Crippen LogP contribution in [0.15, 0.2) is 58.8 Å². The highest BCUT2D eigenvalue weighted by Crippen LogP contribution is 2.40. The van der Waals surface area contributed by atoms with Crippen molar-refractivity contribution in [1.29, 1.82) is 0 Å². The maximum absolute atomic E-state index is 10.5. The number of phenolic OH excluding ortho intramolecular Hbond substituents is 1. The van der Waals surface area contributed by atoms with Gasteiger partial charge in [-0.05, 0) is 24.6 Å². The Kier molecular flexibility index (Phi) is 4.28. The fourth-order valence-electron chi connectivity index (χ4n) is 2.57. The molecule has 0 saturated heterocycles. The fourth-order valence-corrected chi connectivity index (χ4v) is 2.57. The Bertz CT molecular complexity index is 853. The monoisotopic (exact) mass is 309 g/mol. The lowest BCUT2D eigenvalue weighted by atomic mass is 10.2. The van der Waals surface area contributed by atoms with Crippen LogP contribution < -0.4 is 0 Å². The Hall–Kier alpha value is -2.82. The number of aryl methyl sites for hydroxylation is 1. The first-order valence-electron chi connectivity index (χ1n) is 7.72. The molecule has 23 heavy (non-hydrogen) atoms. The largest absolute Gasteiger partial charge is 0.506 e. The van der Waals surface area contributed by atoms with Gasteiger partial charge in [-0.25, -0.2) is 0 Å². The van der Waals surface area contributed by atoms with Crippen molar-refractivity contribution in [2.24, 2.45) is 10.2 Å². The Balaban J connectivity index is 2.07. The molecule has 5 nitrogen and oxygen atoms in total. The Morgan fingerprint density at radius 2 is 1.70 bits per heavy atom. The van der Waals surface area contributed by atoms with E-state index in [9.17, 15) is 10.2 Å². The molecule has 0 aliphatic heterocycles. The summed E-state index contributed by atoms with van der Waals surface area (Å²) in [5, 5.41) is 29.4. The van der Waals surface area contributed by atoms with Crippen LogP contribution in [-0.2, 0) is 6.54 Å². The summed E-state index contributed by atoms with van der Waals surface area (Å²) in [6.07, 6.45) is 2.02. The molecule has 0 spiro atoms. The van der Waals surface area contributed by atoms with Crippen molar-refractivity contribution in [3.8, 4) is 11.6 Å². The number of azo groups is 1. The summed E-state index contributed by atoms with van der Waals surface area (Å²) < 4.78 is 1.86.